The summed E-state index contributed by atoms with van der Waals surface area (Å²) >= 11 is 0. The largest absolute Gasteiger partial charge is 0.370 e. The molecule has 0 aromatic carbocycles. The molecular formula is C21H32N4O. The predicted molar refractivity (Wildman–Crippen MR) is 104 cm³/mol. The van der Waals surface area contributed by atoms with Crippen LogP contribution in [-0.4, -0.2) is 55.1 Å². The first-order chi connectivity index (χ1) is 12.3. The number of aromatic nitrogens is 1. The van der Waals surface area contributed by atoms with Gasteiger partial charge in [-0.05, 0) is 48.1 Å². The van der Waals surface area contributed by atoms with E-state index in [1.807, 2.05) is 18.3 Å². The molecule has 1 aliphatic carbocycles. The average molecular weight is 357 g/mol. The Kier molecular flexibility index (Phi) is 4.25. The normalized spacial score (nSPS) is 29.5. The first kappa shape index (κ1) is 17.8. The van der Waals surface area contributed by atoms with E-state index in [0.29, 0.717) is 16.5 Å². The molecule has 26 heavy (non-hydrogen) atoms. The van der Waals surface area contributed by atoms with Gasteiger partial charge in [0.1, 0.15) is 5.69 Å². The molecule has 5 heteroatoms. The highest BCUT2D eigenvalue weighted by Crippen LogP contribution is 2.67. The van der Waals surface area contributed by atoms with Gasteiger partial charge >= 0.3 is 0 Å². The average Bonchev–Trinajstić information content (AvgIpc) is 3.23. The highest BCUT2D eigenvalue weighted by molar-refractivity contribution is 5.92. The molecule has 1 N–H and O–H groups in total. The van der Waals surface area contributed by atoms with Crippen LogP contribution in [0.4, 0.5) is 5.69 Å². The first-order valence-electron chi connectivity index (χ1n) is 10.0. The lowest BCUT2D eigenvalue weighted by atomic mass is 9.77. The zero-order valence-electron chi connectivity index (χ0n) is 16.6. The molecule has 4 rings (SSSR count). The Balaban J connectivity index is 1.33. The smallest absolute Gasteiger partial charge is 0.269 e. The summed E-state index contributed by atoms with van der Waals surface area (Å²) in [5.41, 5.74) is 2.64. The van der Waals surface area contributed by atoms with Crippen LogP contribution in [0, 0.1) is 16.7 Å². The number of likely N-dealkylation sites (tertiary alicyclic amines) is 1. The van der Waals surface area contributed by atoms with Gasteiger partial charge in [-0.25, -0.2) is 4.98 Å². The number of rotatable bonds is 3. The van der Waals surface area contributed by atoms with Crippen molar-refractivity contribution in [1.29, 1.82) is 0 Å². The summed E-state index contributed by atoms with van der Waals surface area (Å²) in [6.45, 7) is 12.0. The number of piperidine rings is 2. The van der Waals surface area contributed by atoms with Crippen molar-refractivity contribution in [1.82, 2.24) is 15.2 Å². The van der Waals surface area contributed by atoms with Crippen molar-refractivity contribution in [2.24, 2.45) is 16.7 Å². The number of amides is 1. The molecule has 1 aromatic heterocycles. The minimum absolute atomic E-state index is 0.129. The third-order valence-electron chi connectivity index (χ3n) is 7.22. The lowest BCUT2D eigenvalue weighted by Crippen LogP contribution is -2.46. The van der Waals surface area contributed by atoms with Crippen LogP contribution in [-0.2, 0) is 0 Å². The zero-order valence-corrected chi connectivity index (χ0v) is 16.6. The highest BCUT2D eigenvalue weighted by atomic mass is 16.1. The van der Waals surface area contributed by atoms with Gasteiger partial charge in [0.2, 0.25) is 0 Å². The zero-order chi connectivity index (χ0) is 18.5. The highest BCUT2D eigenvalue weighted by Gasteiger charge is 2.65. The Morgan fingerprint density at radius 2 is 2.00 bits per heavy atom. The second-order valence-corrected chi connectivity index (χ2v) is 9.44. The number of nitrogens with zero attached hydrogens (tertiary/aromatic N) is 3. The molecule has 142 valence electrons. The topological polar surface area (TPSA) is 48.5 Å². The summed E-state index contributed by atoms with van der Waals surface area (Å²) in [6, 6.07) is 4.58. The molecular weight excluding hydrogens is 324 g/mol. The van der Waals surface area contributed by atoms with Gasteiger partial charge in [-0.15, -0.1) is 0 Å². The number of hydrogen-bond acceptors (Lipinski definition) is 4. The van der Waals surface area contributed by atoms with Crippen molar-refractivity contribution >= 4 is 11.6 Å². The summed E-state index contributed by atoms with van der Waals surface area (Å²) in [5.74, 6) is 0.803. The Bertz CT molecular complexity index is 672. The number of nitrogens with one attached hydrogen (secondary N) is 1. The summed E-state index contributed by atoms with van der Waals surface area (Å²) in [5, 5.41) is 2.62. The molecule has 5 nitrogen and oxygen atoms in total. The van der Waals surface area contributed by atoms with Crippen molar-refractivity contribution in [2.75, 3.05) is 38.1 Å². The fourth-order valence-electron chi connectivity index (χ4n) is 5.28. The Morgan fingerprint density at radius 1 is 1.27 bits per heavy atom. The summed E-state index contributed by atoms with van der Waals surface area (Å²) in [7, 11) is 1.63. The lowest BCUT2D eigenvalue weighted by molar-refractivity contribution is 0.0958. The molecule has 3 fully saturated rings. The monoisotopic (exact) mass is 356 g/mol. The molecule has 2 atom stereocenters. The maximum absolute atomic E-state index is 11.6. The number of anilines is 1. The van der Waals surface area contributed by atoms with E-state index < -0.39 is 0 Å². The van der Waals surface area contributed by atoms with E-state index in [-0.39, 0.29) is 5.91 Å². The van der Waals surface area contributed by atoms with E-state index in [2.05, 4.69) is 40.9 Å². The maximum Gasteiger partial charge on any atom is 0.269 e. The summed E-state index contributed by atoms with van der Waals surface area (Å²) in [4.78, 5) is 21.1. The van der Waals surface area contributed by atoms with Crippen LogP contribution in [0.25, 0.3) is 0 Å². The molecule has 2 saturated heterocycles. The van der Waals surface area contributed by atoms with Gasteiger partial charge in [0, 0.05) is 39.3 Å². The second-order valence-electron chi connectivity index (χ2n) is 9.44. The van der Waals surface area contributed by atoms with Crippen LogP contribution in [0.15, 0.2) is 18.3 Å². The standard InChI is InChI=1S/C21H32N4O/c1-20(2,3)21-11-15(21)13-25(14-21)16-7-9-24(10-8-16)17-5-6-18(23-12-17)19(26)22-4/h5-6,12,15-16H,7-11,13-14H2,1-4H3,(H,22,26). The van der Waals surface area contributed by atoms with Gasteiger partial charge in [-0.1, -0.05) is 20.8 Å². The van der Waals surface area contributed by atoms with E-state index in [4.69, 9.17) is 0 Å². The minimum Gasteiger partial charge on any atom is -0.370 e. The van der Waals surface area contributed by atoms with E-state index in [1.54, 1.807) is 7.05 Å². The van der Waals surface area contributed by atoms with Crippen molar-refractivity contribution in [3.63, 3.8) is 0 Å². The number of pyridine rings is 1. The van der Waals surface area contributed by atoms with Crippen molar-refractivity contribution in [2.45, 2.75) is 46.1 Å². The van der Waals surface area contributed by atoms with Crippen LogP contribution in [0.5, 0.6) is 0 Å². The fourth-order valence-corrected chi connectivity index (χ4v) is 5.28. The first-order valence-corrected chi connectivity index (χ1v) is 10.0. The Labute approximate surface area is 157 Å². The van der Waals surface area contributed by atoms with E-state index in [1.165, 1.54) is 32.4 Å². The van der Waals surface area contributed by atoms with Gasteiger partial charge in [-0.2, -0.15) is 0 Å². The maximum atomic E-state index is 11.6. The van der Waals surface area contributed by atoms with Crippen LogP contribution >= 0.6 is 0 Å². The molecule has 3 aliphatic rings. The molecule has 3 heterocycles. The Morgan fingerprint density at radius 3 is 2.54 bits per heavy atom. The van der Waals surface area contributed by atoms with Gasteiger partial charge < -0.3 is 10.2 Å². The number of fused-ring (bicyclic) bond motifs is 1. The third kappa shape index (κ3) is 2.90. The molecule has 0 bridgehead atoms. The van der Waals surface area contributed by atoms with Gasteiger partial charge in [0.25, 0.3) is 5.91 Å². The SMILES string of the molecule is CNC(=O)c1ccc(N2CCC(N3CC4CC4(C(C)(C)C)C3)CC2)cn1. The van der Waals surface area contributed by atoms with Crippen LogP contribution < -0.4 is 10.2 Å². The second kappa shape index (κ2) is 6.22. The molecule has 2 unspecified atom stereocenters. The minimum atomic E-state index is -0.129. The molecule has 0 spiro atoms. The van der Waals surface area contributed by atoms with Gasteiger partial charge in [0.15, 0.2) is 0 Å². The van der Waals surface area contributed by atoms with E-state index >= 15 is 0 Å². The molecule has 0 radical (unpaired) electrons. The molecule has 1 aromatic rings. The molecule has 1 amide bonds. The third-order valence-corrected chi connectivity index (χ3v) is 7.22. The Hall–Kier alpha value is -1.62. The van der Waals surface area contributed by atoms with E-state index in [0.717, 1.165) is 30.7 Å². The number of hydrogen-bond donors (Lipinski definition) is 1. The van der Waals surface area contributed by atoms with Gasteiger partial charge in [0.05, 0.1) is 11.9 Å². The van der Waals surface area contributed by atoms with Crippen molar-refractivity contribution in [3.8, 4) is 0 Å². The van der Waals surface area contributed by atoms with Crippen molar-refractivity contribution in [3.05, 3.63) is 24.0 Å². The lowest BCUT2D eigenvalue weighted by Gasteiger charge is -2.40. The summed E-state index contributed by atoms with van der Waals surface area (Å²) < 4.78 is 0. The summed E-state index contributed by atoms with van der Waals surface area (Å²) in [6.07, 6.45) is 5.73. The van der Waals surface area contributed by atoms with Crippen LogP contribution in [0.1, 0.15) is 50.5 Å². The van der Waals surface area contributed by atoms with Crippen LogP contribution in [0.3, 0.4) is 0 Å². The van der Waals surface area contributed by atoms with Gasteiger partial charge in [-0.3, -0.25) is 9.69 Å². The predicted octanol–water partition coefficient (Wildman–Crippen LogP) is 2.78. The number of carbonyl (C=O) groups excluding carboxylic acids is 1. The number of carbonyl (C=O) groups is 1. The quantitative estimate of drug-likeness (QED) is 0.905. The van der Waals surface area contributed by atoms with Crippen molar-refractivity contribution < 1.29 is 4.79 Å². The molecule has 2 aliphatic heterocycles. The fraction of sp³-hybridized carbons (Fsp3) is 0.714. The molecule has 1 saturated carbocycles. The van der Waals surface area contributed by atoms with Crippen LogP contribution in [0.2, 0.25) is 0 Å². The van der Waals surface area contributed by atoms with E-state index in [9.17, 15) is 4.79 Å².